The predicted octanol–water partition coefficient (Wildman–Crippen LogP) is 1.81. The van der Waals surface area contributed by atoms with Gasteiger partial charge in [-0.05, 0) is 37.7 Å². The second-order valence-electron chi connectivity index (χ2n) is 3.77. The molecule has 88 valence electrons. The first kappa shape index (κ1) is 12.8. The summed E-state index contributed by atoms with van der Waals surface area (Å²) in [7, 11) is 0. The number of rotatable bonds is 5. The number of carbonyl (C=O) groups excluding carboxylic acids is 1. The second-order valence-corrected chi connectivity index (χ2v) is 4.99. The molecular formula is C11H21NO2S. The zero-order valence-corrected chi connectivity index (χ0v) is 10.4. The van der Waals surface area contributed by atoms with Crippen molar-refractivity contribution in [1.82, 2.24) is 5.32 Å². The normalized spacial score (nSPS) is 19.9. The van der Waals surface area contributed by atoms with Gasteiger partial charge in [-0.3, -0.25) is 4.79 Å². The Balaban J connectivity index is 2.34. The highest BCUT2D eigenvalue weighted by Crippen LogP contribution is 2.17. The van der Waals surface area contributed by atoms with E-state index in [9.17, 15) is 4.79 Å². The van der Waals surface area contributed by atoms with Crippen LogP contribution in [0.2, 0.25) is 0 Å². The smallest absolute Gasteiger partial charge is 0.323 e. The minimum atomic E-state index is -0.113. The Kier molecular flexibility index (Phi) is 6.10. The molecule has 1 aliphatic rings. The minimum absolute atomic E-state index is 0.0989. The van der Waals surface area contributed by atoms with E-state index in [4.69, 9.17) is 4.74 Å². The molecule has 0 bridgehead atoms. The fraction of sp³-hybridized carbons (Fsp3) is 0.909. The fourth-order valence-electron chi connectivity index (χ4n) is 1.74. The SMILES string of the molecule is CCOC(=O)C(CC)NC1CCSCC1. The van der Waals surface area contributed by atoms with Crippen LogP contribution >= 0.6 is 11.8 Å². The summed E-state index contributed by atoms with van der Waals surface area (Å²) in [6.45, 7) is 4.34. The van der Waals surface area contributed by atoms with Gasteiger partial charge in [0.15, 0.2) is 0 Å². The van der Waals surface area contributed by atoms with E-state index in [1.807, 2.05) is 25.6 Å². The van der Waals surface area contributed by atoms with Crippen LogP contribution in [0.3, 0.4) is 0 Å². The molecular weight excluding hydrogens is 210 g/mol. The van der Waals surface area contributed by atoms with Gasteiger partial charge in [0.1, 0.15) is 6.04 Å². The lowest BCUT2D eigenvalue weighted by Crippen LogP contribution is -2.45. The third kappa shape index (κ3) is 4.43. The van der Waals surface area contributed by atoms with Gasteiger partial charge in [0.05, 0.1) is 6.61 Å². The van der Waals surface area contributed by atoms with Gasteiger partial charge in [-0.25, -0.2) is 0 Å². The Morgan fingerprint density at radius 3 is 2.67 bits per heavy atom. The number of hydrogen-bond acceptors (Lipinski definition) is 4. The lowest BCUT2D eigenvalue weighted by atomic mass is 10.1. The molecule has 0 amide bonds. The van der Waals surface area contributed by atoms with Crippen LogP contribution in [0.4, 0.5) is 0 Å². The summed E-state index contributed by atoms with van der Waals surface area (Å²) in [6, 6.07) is 0.388. The zero-order chi connectivity index (χ0) is 11.1. The van der Waals surface area contributed by atoms with Gasteiger partial charge < -0.3 is 10.1 Å². The third-order valence-corrected chi connectivity index (χ3v) is 3.69. The summed E-state index contributed by atoms with van der Waals surface area (Å²) in [5, 5.41) is 3.40. The average Bonchev–Trinajstić information content (AvgIpc) is 2.27. The topological polar surface area (TPSA) is 38.3 Å². The Labute approximate surface area is 96.3 Å². The molecule has 1 N–H and O–H groups in total. The van der Waals surface area contributed by atoms with E-state index in [1.165, 1.54) is 24.3 Å². The van der Waals surface area contributed by atoms with E-state index < -0.39 is 0 Å². The molecule has 1 saturated heterocycles. The molecule has 0 aromatic rings. The predicted molar refractivity (Wildman–Crippen MR) is 64.2 cm³/mol. The van der Waals surface area contributed by atoms with E-state index in [0.717, 1.165) is 6.42 Å². The molecule has 0 aromatic carbocycles. The molecule has 1 unspecified atom stereocenters. The first-order valence-electron chi connectivity index (χ1n) is 5.78. The maximum Gasteiger partial charge on any atom is 0.323 e. The van der Waals surface area contributed by atoms with Crippen molar-refractivity contribution in [1.29, 1.82) is 0 Å². The van der Waals surface area contributed by atoms with Crippen molar-refractivity contribution in [3.8, 4) is 0 Å². The number of ether oxygens (including phenoxy) is 1. The summed E-state index contributed by atoms with van der Waals surface area (Å²) in [4.78, 5) is 11.6. The Morgan fingerprint density at radius 2 is 2.13 bits per heavy atom. The van der Waals surface area contributed by atoms with Gasteiger partial charge in [-0.1, -0.05) is 6.92 Å². The monoisotopic (exact) mass is 231 g/mol. The van der Waals surface area contributed by atoms with Crippen LogP contribution < -0.4 is 5.32 Å². The van der Waals surface area contributed by atoms with E-state index in [2.05, 4.69) is 5.32 Å². The van der Waals surface area contributed by atoms with E-state index in [-0.39, 0.29) is 12.0 Å². The van der Waals surface area contributed by atoms with Crippen molar-refractivity contribution in [2.24, 2.45) is 0 Å². The largest absolute Gasteiger partial charge is 0.465 e. The summed E-state index contributed by atoms with van der Waals surface area (Å²) in [6.07, 6.45) is 3.14. The third-order valence-electron chi connectivity index (χ3n) is 2.64. The van der Waals surface area contributed by atoms with Crippen LogP contribution in [-0.4, -0.2) is 36.2 Å². The van der Waals surface area contributed by atoms with Crippen molar-refractivity contribution < 1.29 is 9.53 Å². The molecule has 1 atom stereocenters. The Bertz CT molecular complexity index is 193. The van der Waals surface area contributed by atoms with Gasteiger partial charge in [-0.15, -0.1) is 0 Å². The maximum atomic E-state index is 11.6. The number of nitrogens with one attached hydrogen (secondary N) is 1. The van der Waals surface area contributed by atoms with Crippen molar-refractivity contribution >= 4 is 17.7 Å². The van der Waals surface area contributed by atoms with Crippen molar-refractivity contribution in [2.45, 2.75) is 45.2 Å². The Morgan fingerprint density at radius 1 is 1.47 bits per heavy atom. The van der Waals surface area contributed by atoms with Gasteiger partial charge in [0.2, 0.25) is 0 Å². The van der Waals surface area contributed by atoms with Gasteiger partial charge in [-0.2, -0.15) is 11.8 Å². The Hall–Kier alpha value is -0.220. The summed E-state index contributed by atoms with van der Waals surface area (Å²) < 4.78 is 5.03. The maximum absolute atomic E-state index is 11.6. The minimum Gasteiger partial charge on any atom is -0.465 e. The van der Waals surface area contributed by atoms with Crippen LogP contribution in [0.1, 0.15) is 33.1 Å². The summed E-state index contributed by atoms with van der Waals surface area (Å²) >= 11 is 2.00. The molecule has 3 nitrogen and oxygen atoms in total. The molecule has 0 radical (unpaired) electrons. The highest BCUT2D eigenvalue weighted by atomic mass is 32.2. The molecule has 1 heterocycles. The standard InChI is InChI=1S/C11H21NO2S/c1-3-10(11(13)14-4-2)12-9-5-7-15-8-6-9/h9-10,12H,3-8H2,1-2H3. The number of thioether (sulfide) groups is 1. The van der Waals surface area contributed by atoms with Gasteiger partial charge in [0, 0.05) is 6.04 Å². The van der Waals surface area contributed by atoms with Crippen molar-refractivity contribution in [3.63, 3.8) is 0 Å². The van der Waals surface area contributed by atoms with Gasteiger partial charge in [0.25, 0.3) is 0 Å². The van der Waals surface area contributed by atoms with Crippen molar-refractivity contribution in [2.75, 3.05) is 18.1 Å². The van der Waals surface area contributed by atoms with Crippen LogP contribution in [-0.2, 0) is 9.53 Å². The quantitative estimate of drug-likeness (QED) is 0.732. The fourth-order valence-corrected chi connectivity index (χ4v) is 2.85. The molecule has 1 fully saturated rings. The van der Waals surface area contributed by atoms with E-state index in [0.29, 0.717) is 12.6 Å². The van der Waals surface area contributed by atoms with Crippen molar-refractivity contribution in [3.05, 3.63) is 0 Å². The van der Waals surface area contributed by atoms with Crippen LogP contribution in [0, 0.1) is 0 Å². The van der Waals surface area contributed by atoms with Crippen LogP contribution in [0.25, 0.3) is 0 Å². The number of hydrogen-bond donors (Lipinski definition) is 1. The van der Waals surface area contributed by atoms with Gasteiger partial charge >= 0.3 is 5.97 Å². The molecule has 0 aliphatic carbocycles. The molecule has 0 aromatic heterocycles. The molecule has 1 rings (SSSR count). The highest BCUT2D eigenvalue weighted by molar-refractivity contribution is 7.99. The number of esters is 1. The summed E-state index contributed by atoms with van der Waals surface area (Å²) in [5.74, 6) is 2.31. The molecule has 4 heteroatoms. The second kappa shape index (κ2) is 7.12. The van der Waals surface area contributed by atoms with E-state index >= 15 is 0 Å². The molecule has 1 aliphatic heterocycles. The lowest BCUT2D eigenvalue weighted by Gasteiger charge is -2.26. The molecule has 15 heavy (non-hydrogen) atoms. The first-order valence-corrected chi connectivity index (χ1v) is 6.93. The molecule has 0 spiro atoms. The molecule has 0 saturated carbocycles. The highest BCUT2D eigenvalue weighted by Gasteiger charge is 2.22. The number of carbonyl (C=O) groups is 1. The first-order chi connectivity index (χ1) is 7.27. The van der Waals surface area contributed by atoms with E-state index in [1.54, 1.807) is 0 Å². The van der Waals surface area contributed by atoms with Crippen LogP contribution in [0.15, 0.2) is 0 Å². The average molecular weight is 231 g/mol. The zero-order valence-electron chi connectivity index (χ0n) is 9.62. The van der Waals surface area contributed by atoms with Crippen LogP contribution in [0.5, 0.6) is 0 Å². The summed E-state index contributed by atoms with van der Waals surface area (Å²) in [5.41, 5.74) is 0. The lowest BCUT2D eigenvalue weighted by molar-refractivity contribution is -0.146.